The molecule has 0 atom stereocenters. The van der Waals surface area contributed by atoms with Crippen molar-refractivity contribution in [1.82, 2.24) is 4.90 Å². The van der Waals surface area contributed by atoms with Gasteiger partial charge in [-0.05, 0) is 37.6 Å². The van der Waals surface area contributed by atoms with Gasteiger partial charge in [0.2, 0.25) is 0 Å². The number of nitrogens with zero attached hydrogens (tertiary/aromatic N) is 1. The van der Waals surface area contributed by atoms with E-state index in [1.165, 1.54) is 0 Å². The topological polar surface area (TPSA) is 46.3 Å². The van der Waals surface area contributed by atoms with Crippen molar-refractivity contribution in [3.05, 3.63) is 71.3 Å². The van der Waals surface area contributed by atoms with Crippen LogP contribution in [0, 0.1) is 6.92 Å². The summed E-state index contributed by atoms with van der Waals surface area (Å²) in [5, 5.41) is 0. The van der Waals surface area contributed by atoms with Crippen LogP contribution in [-0.4, -0.2) is 23.9 Å². The van der Waals surface area contributed by atoms with Gasteiger partial charge < -0.3 is 10.6 Å². The van der Waals surface area contributed by atoms with Crippen LogP contribution in [0.1, 0.15) is 27.9 Å². The third-order valence-electron chi connectivity index (χ3n) is 3.43. The summed E-state index contributed by atoms with van der Waals surface area (Å²) in [5.74, 6) is 0.0623. The Hall–Kier alpha value is -1.84. The molecule has 0 aliphatic rings. The summed E-state index contributed by atoms with van der Waals surface area (Å²) in [6.07, 6.45) is 0.810. The average Bonchev–Trinajstić information content (AvgIpc) is 2.52. The van der Waals surface area contributed by atoms with E-state index in [4.69, 9.17) is 5.73 Å². The molecule has 2 rings (SSSR count). The summed E-state index contributed by atoms with van der Waals surface area (Å²) in [4.78, 5) is 14.5. The molecule has 0 spiro atoms. The van der Waals surface area contributed by atoms with E-state index in [2.05, 4.69) is 0 Å². The van der Waals surface area contributed by atoms with Crippen LogP contribution in [0.5, 0.6) is 0 Å². The Kier molecular flexibility index (Phi) is 7.64. The molecule has 0 saturated heterocycles. The maximum atomic E-state index is 12.7. The van der Waals surface area contributed by atoms with Crippen molar-refractivity contribution in [2.45, 2.75) is 19.9 Å². The van der Waals surface area contributed by atoms with Crippen LogP contribution in [0.2, 0.25) is 0 Å². The van der Waals surface area contributed by atoms with Crippen LogP contribution < -0.4 is 5.73 Å². The maximum absolute atomic E-state index is 12.7. The van der Waals surface area contributed by atoms with Crippen molar-refractivity contribution in [2.24, 2.45) is 5.73 Å². The van der Waals surface area contributed by atoms with Crippen molar-refractivity contribution in [3.8, 4) is 0 Å². The summed E-state index contributed by atoms with van der Waals surface area (Å²) in [6, 6.07) is 17.8. The molecule has 2 N–H and O–H groups in total. The smallest absolute Gasteiger partial charge is 0.254 e. The lowest BCUT2D eigenvalue weighted by Gasteiger charge is -2.23. The zero-order chi connectivity index (χ0) is 15.1. The van der Waals surface area contributed by atoms with Crippen LogP contribution in [0.25, 0.3) is 0 Å². The Labute approximate surface area is 138 Å². The number of carbonyl (C=O) groups excluding carboxylic acids is 1. The average molecular weight is 319 g/mol. The Balaban J connectivity index is 0.00000242. The zero-order valence-electron chi connectivity index (χ0n) is 12.9. The van der Waals surface area contributed by atoms with Gasteiger partial charge >= 0.3 is 0 Å². The molecule has 0 heterocycles. The first-order valence-electron chi connectivity index (χ1n) is 7.30. The molecule has 118 valence electrons. The lowest BCUT2D eigenvalue weighted by atomic mass is 10.1. The second-order valence-electron chi connectivity index (χ2n) is 5.22. The molecular weight excluding hydrogens is 296 g/mol. The summed E-state index contributed by atoms with van der Waals surface area (Å²) in [7, 11) is 0. The number of hydrogen-bond donors (Lipinski definition) is 1. The van der Waals surface area contributed by atoms with Crippen LogP contribution in [0.15, 0.2) is 54.6 Å². The maximum Gasteiger partial charge on any atom is 0.254 e. The summed E-state index contributed by atoms with van der Waals surface area (Å²) in [6.45, 7) is 3.91. The molecule has 0 bridgehead atoms. The SMILES string of the molecule is Cc1ccc(C(=O)N(CCCN)Cc2ccccc2)cc1.Cl. The van der Waals surface area contributed by atoms with E-state index in [1.807, 2.05) is 66.4 Å². The number of amides is 1. The highest BCUT2D eigenvalue weighted by atomic mass is 35.5. The molecule has 0 fully saturated rings. The Bertz CT molecular complexity index is 569. The second kappa shape index (κ2) is 9.23. The number of aryl methyl sites for hydroxylation is 1. The molecule has 0 saturated carbocycles. The molecule has 4 heteroatoms. The van der Waals surface area contributed by atoms with E-state index in [9.17, 15) is 4.79 Å². The van der Waals surface area contributed by atoms with Gasteiger partial charge in [-0.15, -0.1) is 12.4 Å². The van der Waals surface area contributed by atoms with E-state index >= 15 is 0 Å². The molecule has 0 aliphatic heterocycles. The van der Waals surface area contributed by atoms with Gasteiger partial charge in [-0.3, -0.25) is 4.79 Å². The minimum Gasteiger partial charge on any atom is -0.334 e. The largest absolute Gasteiger partial charge is 0.334 e. The minimum atomic E-state index is 0. The fraction of sp³-hybridized carbons (Fsp3) is 0.278. The highest BCUT2D eigenvalue weighted by Gasteiger charge is 2.15. The molecule has 1 amide bonds. The number of hydrogen-bond acceptors (Lipinski definition) is 2. The predicted octanol–water partition coefficient (Wildman–Crippen LogP) is 3.41. The van der Waals surface area contributed by atoms with Gasteiger partial charge in [0, 0.05) is 18.7 Å². The quantitative estimate of drug-likeness (QED) is 0.887. The van der Waals surface area contributed by atoms with Crippen LogP contribution in [0.4, 0.5) is 0 Å². The van der Waals surface area contributed by atoms with Crippen molar-refractivity contribution >= 4 is 18.3 Å². The van der Waals surface area contributed by atoms with Crippen molar-refractivity contribution in [2.75, 3.05) is 13.1 Å². The molecule has 0 unspecified atom stereocenters. The predicted molar refractivity (Wildman–Crippen MR) is 93.3 cm³/mol. The van der Waals surface area contributed by atoms with Crippen LogP contribution >= 0.6 is 12.4 Å². The third-order valence-corrected chi connectivity index (χ3v) is 3.43. The molecule has 0 aliphatic carbocycles. The fourth-order valence-corrected chi connectivity index (χ4v) is 2.22. The van der Waals surface area contributed by atoms with Gasteiger partial charge in [0.25, 0.3) is 5.91 Å². The molecule has 22 heavy (non-hydrogen) atoms. The highest BCUT2D eigenvalue weighted by Crippen LogP contribution is 2.11. The first-order valence-corrected chi connectivity index (χ1v) is 7.30. The van der Waals surface area contributed by atoms with Gasteiger partial charge in [-0.25, -0.2) is 0 Å². The highest BCUT2D eigenvalue weighted by molar-refractivity contribution is 5.94. The molecule has 2 aromatic rings. The number of benzene rings is 2. The number of carbonyl (C=O) groups is 1. The van der Waals surface area contributed by atoms with E-state index in [1.54, 1.807) is 0 Å². The summed E-state index contributed by atoms with van der Waals surface area (Å²) >= 11 is 0. The Morgan fingerprint density at radius 3 is 2.27 bits per heavy atom. The monoisotopic (exact) mass is 318 g/mol. The lowest BCUT2D eigenvalue weighted by molar-refractivity contribution is 0.0742. The Morgan fingerprint density at radius 1 is 1.05 bits per heavy atom. The van der Waals surface area contributed by atoms with Crippen LogP contribution in [0.3, 0.4) is 0 Å². The first kappa shape index (κ1) is 18.2. The summed E-state index contributed by atoms with van der Waals surface area (Å²) < 4.78 is 0. The molecular formula is C18H23ClN2O. The lowest BCUT2D eigenvalue weighted by Crippen LogP contribution is -2.32. The van der Waals surface area contributed by atoms with E-state index in [-0.39, 0.29) is 18.3 Å². The standard InChI is InChI=1S/C18H22N2O.ClH/c1-15-8-10-17(11-9-15)18(21)20(13-5-12-19)14-16-6-3-2-4-7-16;/h2-4,6-11H,5,12-14,19H2,1H3;1H. The first-order chi connectivity index (χ1) is 10.2. The third kappa shape index (κ3) is 5.17. The van der Waals surface area contributed by atoms with Gasteiger partial charge in [0.1, 0.15) is 0 Å². The normalized spacial score (nSPS) is 9.91. The molecule has 0 radical (unpaired) electrons. The minimum absolute atomic E-state index is 0. The summed E-state index contributed by atoms with van der Waals surface area (Å²) in [5.41, 5.74) is 8.61. The van der Waals surface area contributed by atoms with Crippen molar-refractivity contribution in [3.63, 3.8) is 0 Å². The van der Waals surface area contributed by atoms with Crippen LogP contribution in [-0.2, 0) is 6.54 Å². The number of halogens is 1. The van der Waals surface area contributed by atoms with Crippen molar-refractivity contribution < 1.29 is 4.79 Å². The fourth-order valence-electron chi connectivity index (χ4n) is 2.22. The van der Waals surface area contributed by atoms with Gasteiger partial charge in [0.15, 0.2) is 0 Å². The Morgan fingerprint density at radius 2 is 1.68 bits per heavy atom. The van der Waals surface area contributed by atoms with E-state index in [0.717, 1.165) is 23.1 Å². The molecule has 2 aromatic carbocycles. The number of rotatable bonds is 6. The van der Waals surface area contributed by atoms with Gasteiger partial charge in [0.05, 0.1) is 0 Å². The number of nitrogens with two attached hydrogens (primary N) is 1. The van der Waals surface area contributed by atoms with Gasteiger partial charge in [-0.1, -0.05) is 48.0 Å². The van der Waals surface area contributed by atoms with Crippen molar-refractivity contribution in [1.29, 1.82) is 0 Å². The second-order valence-corrected chi connectivity index (χ2v) is 5.22. The molecule has 0 aromatic heterocycles. The zero-order valence-corrected chi connectivity index (χ0v) is 13.7. The molecule has 3 nitrogen and oxygen atoms in total. The van der Waals surface area contributed by atoms with E-state index in [0.29, 0.717) is 19.6 Å². The van der Waals surface area contributed by atoms with Gasteiger partial charge in [-0.2, -0.15) is 0 Å². The van der Waals surface area contributed by atoms with E-state index < -0.39 is 0 Å².